The molecule has 1 aromatic rings. The zero-order chi connectivity index (χ0) is 10.9. The Morgan fingerprint density at radius 2 is 1.93 bits per heavy atom. The van der Waals surface area contributed by atoms with Gasteiger partial charge in [0.1, 0.15) is 0 Å². The van der Waals surface area contributed by atoms with Crippen molar-refractivity contribution in [1.82, 2.24) is 9.78 Å². The SMILES string of the molecule is CCCn1[nH]c(C)c(C(C)(C)C)c1=O. The molecule has 0 aliphatic rings. The van der Waals surface area contributed by atoms with Gasteiger partial charge in [-0.05, 0) is 18.8 Å². The Morgan fingerprint density at radius 1 is 1.36 bits per heavy atom. The van der Waals surface area contributed by atoms with Crippen LogP contribution < -0.4 is 5.56 Å². The Kier molecular flexibility index (Phi) is 2.88. The molecule has 0 saturated carbocycles. The monoisotopic (exact) mass is 196 g/mol. The van der Waals surface area contributed by atoms with Gasteiger partial charge in [0.25, 0.3) is 5.56 Å². The third-order valence-corrected chi connectivity index (χ3v) is 2.33. The van der Waals surface area contributed by atoms with E-state index in [1.807, 2.05) is 6.92 Å². The van der Waals surface area contributed by atoms with Crippen LogP contribution in [0.3, 0.4) is 0 Å². The molecule has 1 rings (SSSR count). The molecule has 3 nitrogen and oxygen atoms in total. The van der Waals surface area contributed by atoms with E-state index in [1.54, 1.807) is 4.68 Å². The van der Waals surface area contributed by atoms with E-state index in [9.17, 15) is 4.79 Å². The minimum Gasteiger partial charge on any atom is -0.300 e. The highest BCUT2D eigenvalue weighted by atomic mass is 16.1. The lowest BCUT2D eigenvalue weighted by atomic mass is 9.87. The summed E-state index contributed by atoms with van der Waals surface area (Å²) in [6.45, 7) is 11.0. The Hall–Kier alpha value is -0.990. The highest BCUT2D eigenvalue weighted by Crippen LogP contribution is 2.20. The van der Waals surface area contributed by atoms with Gasteiger partial charge in [-0.15, -0.1) is 0 Å². The van der Waals surface area contributed by atoms with Crippen LogP contribution in [0.25, 0.3) is 0 Å². The third-order valence-electron chi connectivity index (χ3n) is 2.33. The molecular weight excluding hydrogens is 176 g/mol. The van der Waals surface area contributed by atoms with Crippen molar-refractivity contribution < 1.29 is 0 Å². The Balaban J connectivity index is 3.26. The van der Waals surface area contributed by atoms with Crippen molar-refractivity contribution in [3.05, 3.63) is 21.6 Å². The molecule has 0 amide bonds. The first-order chi connectivity index (χ1) is 6.38. The number of aryl methyl sites for hydroxylation is 2. The van der Waals surface area contributed by atoms with E-state index in [0.29, 0.717) is 0 Å². The first-order valence-electron chi connectivity index (χ1n) is 5.17. The fourth-order valence-electron chi connectivity index (χ4n) is 1.87. The van der Waals surface area contributed by atoms with E-state index < -0.39 is 0 Å². The lowest BCUT2D eigenvalue weighted by Gasteiger charge is -2.15. The Morgan fingerprint density at radius 3 is 2.29 bits per heavy atom. The molecule has 1 N–H and O–H groups in total. The average Bonchev–Trinajstić information content (AvgIpc) is 2.26. The van der Waals surface area contributed by atoms with Crippen molar-refractivity contribution in [3.8, 4) is 0 Å². The van der Waals surface area contributed by atoms with Crippen molar-refractivity contribution in [2.75, 3.05) is 0 Å². The molecule has 0 fully saturated rings. The molecular formula is C11H20N2O. The van der Waals surface area contributed by atoms with Crippen molar-refractivity contribution in [1.29, 1.82) is 0 Å². The van der Waals surface area contributed by atoms with Gasteiger partial charge in [0.15, 0.2) is 0 Å². The summed E-state index contributed by atoms with van der Waals surface area (Å²) in [7, 11) is 0. The second-order valence-electron chi connectivity index (χ2n) is 4.82. The summed E-state index contributed by atoms with van der Waals surface area (Å²) in [4.78, 5) is 12.0. The molecule has 0 aliphatic carbocycles. The van der Waals surface area contributed by atoms with E-state index in [2.05, 4.69) is 32.8 Å². The van der Waals surface area contributed by atoms with Crippen LogP contribution in [0.4, 0.5) is 0 Å². The number of H-pyrrole nitrogens is 1. The Bertz CT molecular complexity index is 366. The van der Waals surface area contributed by atoms with Crippen LogP contribution in [0.1, 0.15) is 45.4 Å². The quantitative estimate of drug-likeness (QED) is 0.773. The van der Waals surface area contributed by atoms with Gasteiger partial charge in [0, 0.05) is 17.8 Å². The molecule has 1 heterocycles. The molecule has 1 aromatic heterocycles. The fourth-order valence-corrected chi connectivity index (χ4v) is 1.87. The minimum atomic E-state index is -0.0728. The van der Waals surface area contributed by atoms with Gasteiger partial charge in [-0.1, -0.05) is 27.7 Å². The van der Waals surface area contributed by atoms with Crippen LogP contribution in [-0.2, 0) is 12.0 Å². The summed E-state index contributed by atoms with van der Waals surface area (Å²) in [6, 6.07) is 0. The fraction of sp³-hybridized carbons (Fsp3) is 0.727. The van der Waals surface area contributed by atoms with Crippen LogP contribution in [0.5, 0.6) is 0 Å². The molecule has 0 spiro atoms. The molecule has 80 valence electrons. The van der Waals surface area contributed by atoms with Crippen LogP contribution in [-0.4, -0.2) is 9.78 Å². The van der Waals surface area contributed by atoms with Gasteiger partial charge < -0.3 is 0 Å². The van der Waals surface area contributed by atoms with Gasteiger partial charge in [-0.2, -0.15) is 0 Å². The maximum atomic E-state index is 12.0. The molecule has 0 bridgehead atoms. The average molecular weight is 196 g/mol. The zero-order valence-electron chi connectivity index (χ0n) is 9.77. The Labute approximate surface area is 85.1 Å². The molecule has 0 aromatic carbocycles. The normalized spacial score (nSPS) is 12.1. The van der Waals surface area contributed by atoms with Crippen molar-refractivity contribution in [3.63, 3.8) is 0 Å². The van der Waals surface area contributed by atoms with Gasteiger partial charge in [-0.3, -0.25) is 14.6 Å². The van der Waals surface area contributed by atoms with Crippen molar-refractivity contribution in [2.45, 2.75) is 53.0 Å². The van der Waals surface area contributed by atoms with E-state index in [0.717, 1.165) is 24.2 Å². The lowest BCUT2D eigenvalue weighted by Crippen LogP contribution is -2.26. The zero-order valence-corrected chi connectivity index (χ0v) is 9.77. The number of aromatic nitrogens is 2. The smallest absolute Gasteiger partial charge is 0.270 e. The van der Waals surface area contributed by atoms with Gasteiger partial charge in [-0.25, -0.2) is 0 Å². The molecule has 0 saturated heterocycles. The van der Waals surface area contributed by atoms with Crippen LogP contribution in [0, 0.1) is 6.92 Å². The topological polar surface area (TPSA) is 37.8 Å². The summed E-state index contributed by atoms with van der Waals surface area (Å²) in [6.07, 6.45) is 0.976. The predicted octanol–water partition coefficient (Wildman–Crippen LogP) is 2.19. The van der Waals surface area contributed by atoms with Crippen LogP contribution in [0.15, 0.2) is 4.79 Å². The highest BCUT2D eigenvalue weighted by Gasteiger charge is 2.23. The molecule has 0 aliphatic heterocycles. The van der Waals surface area contributed by atoms with Crippen molar-refractivity contribution in [2.24, 2.45) is 0 Å². The number of rotatable bonds is 2. The highest BCUT2D eigenvalue weighted by molar-refractivity contribution is 5.24. The van der Waals surface area contributed by atoms with Crippen LogP contribution in [0.2, 0.25) is 0 Å². The maximum Gasteiger partial charge on any atom is 0.270 e. The van der Waals surface area contributed by atoms with Crippen molar-refractivity contribution >= 4 is 0 Å². The van der Waals surface area contributed by atoms with Gasteiger partial charge in [0.2, 0.25) is 0 Å². The first kappa shape index (κ1) is 11.1. The predicted molar refractivity (Wildman–Crippen MR) is 58.8 cm³/mol. The van der Waals surface area contributed by atoms with Crippen LogP contribution >= 0.6 is 0 Å². The van der Waals surface area contributed by atoms with E-state index in [1.165, 1.54) is 0 Å². The number of hydrogen-bond donors (Lipinski definition) is 1. The number of hydrogen-bond acceptors (Lipinski definition) is 1. The molecule has 14 heavy (non-hydrogen) atoms. The lowest BCUT2D eigenvalue weighted by molar-refractivity contribution is 0.561. The summed E-state index contributed by atoms with van der Waals surface area (Å²) < 4.78 is 1.70. The number of aromatic amines is 1. The molecule has 3 heteroatoms. The van der Waals surface area contributed by atoms with E-state index in [4.69, 9.17) is 0 Å². The van der Waals surface area contributed by atoms with Gasteiger partial charge >= 0.3 is 0 Å². The molecule has 0 unspecified atom stereocenters. The minimum absolute atomic E-state index is 0.0728. The first-order valence-corrected chi connectivity index (χ1v) is 5.17. The van der Waals surface area contributed by atoms with Gasteiger partial charge in [0.05, 0.1) is 0 Å². The summed E-state index contributed by atoms with van der Waals surface area (Å²) in [5.41, 5.74) is 1.97. The number of nitrogens with zero attached hydrogens (tertiary/aromatic N) is 1. The second-order valence-corrected chi connectivity index (χ2v) is 4.82. The molecule has 0 radical (unpaired) electrons. The largest absolute Gasteiger partial charge is 0.300 e. The maximum absolute atomic E-state index is 12.0. The van der Waals surface area contributed by atoms with E-state index >= 15 is 0 Å². The molecule has 0 atom stereocenters. The second kappa shape index (κ2) is 3.64. The summed E-state index contributed by atoms with van der Waals surface area (Å²) in [5, 5.41) is 3.12. The van der Waals surface area contributed by atoms with E-state index in [-0.39, 0.29) is 11.0 Å². The summed E-state index contributed by atoms with van der Waals surface area (Å²) in [5.74, 6) is 0. The number of nitrogens with one attached hydrogen (secondary N) is 1. The standard InChI is InChI=1S/C11H20N2O/c1-6-7-13-10(14)9(8(2)12-13)11(3,4)5/h12H,6-7H2,1-5H3. The third kappa shape index (κ3) is 1.91. The summed E-state index contributed by atoms with van der Waals surface area (Å²) >= 11 is 0.